The number of hydrogen-bond donors (Lipinski definition) is 2. The quantitative estimate of drug-likeness (QED) is 0.850. The van der Waals surface area contributed by atoms with Crippen molar-refractivity contribution in [2.24, 2.45) is 4.99 Å². The van der Waals surface area contributed by atoms with Gasteiger partial charge in [0, 0.05) is 6.54 Å². The van der Waals surface area contributed by atoms with Crippen molar-refractivity contribution in [2.75, 3.05) is 18.4 Å². The molecule has 0 bridgehead atoms. The van der Waals surface area contributed by atoms with E-state index >= 15 is 0 Å². The molecule has 0 atom stereocenters. The molecule has 0 radical (unpaired) electrons. The molecule has 16 heavy (non-hydrogen) atoms. The van der Waals surface area contributed by atoms with Crippen LogP contribution in [0.3, 0.4) is 0 Å². The maximum atomic E-state index is 4.32. The average molecular weight is 297 g/mol. The zero-order valence-corrected chi connectivity index (χ0v) is 10.7. The van der Waals surface area contributed by atoms with E-state index in [2.05, 4.69) is 42.6 Å². The lowest BCUT2D eigenvalue weighted by molar-refractivity contribution is 0.959. The van der Waals surface area contributed by atoms with Gasteiger partial charge in [0.1, 0.15) is 0 Å². The number of guanidine groups is 1. The summed E-state index contributed by atoms with van der Waals surface area (Å²) in [4.78, 5) is 8.62. The van der Waals surface area contributed by atoms with Crippen LogP contribution in [0.5, 0.6) is 0 Å². The largest absolute Gasteiger partial charge is 0.354 e. The third kappa shape index (κ3) is 1.68. The average Bonchev–Trinajstić information content (AvgIpc) is 2.93. The minimum absolute atomic E-state index is 0.829. The Morgan fingerprint density at radius 1 is 1.44 bits per heavy atom. The molecule has 0 fully saturated rings. The summed E-state index contributed by atoms with van der Waals surface area (Å²) in [7, 11) is 0. The molecule has 82 valence electrons. The lowest BCUT2D eigenvalue weighted by Crippen LogP contribution is -2.26. The summed E-state index contributed by atoms with van der Waals surface area (Å²) in [6, 6.07) is 4.10. The number of aromatic nitrogens is 1. The minimum atomic E-state index is 0.829. The first-order valence-corrected chi connectivity index (χ1v) is 6.59. The molecule has 1 aliphatic rings. The summed E-state index contributed by atoms with van der Waals surface area (Å²) < 4.78 is 2.17. The van der Waals surface area contributed by atoms with Crippen LogP contribution in [-0.4, -0.2) is 24.0 Å². The molecule has 2 N–H and O–H groups in total. The number of nitrogens with one attached hydrogen (secondary N) is 2. The fraction of sp³-hybridized carbons (Fsp3) is 0.200. The Kier molecular flexibility index (Phi) is 2.53. The predicted molar refractivity (Wildman–Crippen MR) is 71.2 cm³/mol. The maximum absolute atomic E-state index is 4.32. The molecule has 6 heteroatoms. The van der Waals surface area contributed by atoms with Crippen molar-refractivity contribution in [3.8, 4) is 0 Å². The van der Waals surface area contributed by atoms with Gasteiger partial charge in [0.25, 0.3) is 0 Å². The Bertz CT molecular complexity index is 563. The molecular weight excluding hydrogens is 288 g/mol. The van der Waals surface area contributed by atoms with Gasteiger partial charge in [0.05, 0.1) is 32.4 Å². The van der Waals surface area contributed by atoms with Crippen LogP contribution in [0.4, 0.5) is 5.69 Å². The van der Waals surface area contributed by atoms with Crippen molar-refractivity contribution in [3.63, 3.8) is 0 Å². The monoisotopic (exact) mass is 296 g/mol. The van der Waals surface area contributed by atoms with Gasteiger partial charge in [-0.05, 0) is 28.1 Å². The molecule has 0 aliphatic carbocycles. The van der Waals surface area contributed by atoms with E-state index in [4.69, 9.17) is 0 Å². The second-order valence-corrected chi connectivity index (χ2v) is 5.09. The molecule has 0 unspecified atom stereocenters. The highest BCUT2D eigenvalue weighted by Gasteiger charge is 2.10. The van der Waals surface area contributed by atoms with Gasteiger partial charge in [-0.2, -0.15) is 0 Å². The van der Waals surface area contributed by atoms with E-state index in [9.17, 15) is 0 Å². The Labute approximate surface area is 105 Å². The molecule has 0 saturated heterocycles. The lowest BCUT2D eigenvalue weighted by Gasteiger charge is -2.08. The highest BCUT2D eigenvalue weighted by molar-refractivity contribution is 9.10. The van der Waals surface area contributed by atoms with Crippen LogP contribution in [0.2, 0.25) is 0 Å². The van der Waals surface area contributed by atoms with Gasteiger partial charge in [-0.1, -0.05) is 0 Å². The molecule has 0 spiro atoms. The number of anilines is 1. The van der Waals surface area contributed by atoms with E-state index in [-0.39, 0.29) is 0 Å². The fourth-order valence-electron chi connectivity index (χ4n) is 1.60. The summed E-state index contributed by atoms with van der Waals surface area (Å²) in [5, 5.41) is 6.42. The maximum Gasteiger partial charge on any atom is 0.195 e. The van der Waals surface area contributed by atoms with Crippen LogP contribution in [0, 0.1) is 0 Å². The van der Waals surface area contributed by atoms with Gasteiger partial charge < -0.3 is 10.6 Å². The highest BCUT2D eigenvalue weighted by atomic mass is 79.9. The molecular formula is C10H9BrN4S. The number of hydrogen-bond acceptors (Lipinski definition) is 5. The van der Waals surface area contributed by atoms with Crippen molar-refractivity contribution in [3.05, 3.63) is 22.1 Å². The smallest absolute Gasteiger partial charge is 0.195 e. The molecule has 1 aromatic heterocycles. The number of nitrogens with zero attached hydrogens (tertiary/aromatic N) is 2. The first-order valence-electron chi connectivity index (χ1n) is 4.91. The number of aliphatic imine (C=N–C) groups is 1. The highest BCUT2D eigenvalue weighted by Crippen LogP contribution is 2.32. The number of benzene rings is 1. The van der Waals surface area contributed by atoms with E-state index in [1.807, 2.05) is 11.6 Å². The Balaban J connectivity index is 1.99. The van der Waals surface area contributed by atoms with Crippen molar-refractivity contribution in [1.29, 1.82) is 0 Å². The summed E-state index contributed by atoms with van der Waals surface area (Å²) in [6.45, 7) is 1.73. The van der Waals surface area contributed by atoms with Crippen molar-refractivity contribution >= 4 is 49.1 Å². The molecule has 2 heterocycles. The Morgan fingerprint density at radius 3 is 3.19 bits per heavy atom. The third-order valence-corrected chi connectivity index (χ3v) is 3.96. The molecule has 0 amide bonds. The molecule has 3 rings (SSSR count). The van der Waals surface area contributed by atoms with Gasteiger partial charge in [-0.3, -0.25) is 4.99 Å². The van der Waals surface area contributed by atoms with Gasteiger partial charge >= 0.3 is 0 Å². The summed E-state index contributed by atoms with van der Waals surface area (Å²) in [6.07, 6.45) is 0. The SMILES string of the molecule is Brc1c(NC2=NCCN2)ccc2scnc12. The topological polar surface area (TPSA) is 49.3 Å². The molecule has 1 aromatic carbocycles. The zero-order chi connectivity index (χ0) is 11.0. The summed E-state index contributed by atoms with van der Waals surface area (Å²) in [5.41, 5.74) is 3.84. The molecule has 4 nitrogen and oxygen atoms in total. The Morgan fingerprint density at radius 2 is 2.38 bits per heavy atom. The standard InChI is InChI=1S/C10H9BrN4S/c11-8-6(15-10-12-3-4-13-10)1-2-7-9(8)14-5-16-7/h1-2,5H,3-4H2,(H2,12,13,15). The van der Waals surface area contributed by atoms with Gasteiger partial charge in [-0.25, -0.2) is 4.98 Å². The van der Waals surface area contributed by atoms with Crippen LogP contribution < -0.4 is 10.6 Å². The third-order valence-electron chi connectivity index (χ3n) is 2.37. The van der Waals surface area contributed by atoms with Crippen molar-refractivity contribution in [2.45, 2.75) is 0 Å². The van der Waals surface area contributed by atoms with Gasteiger partial charge in [-0.15, -0.1) is 11.3 Å². The van der Waals surface area contributed by atoms with E-state index in [0.29, 0.717) is 0 Å². The van der Waals surface area contributed by atoms with E-state index in [1.54, 1.807) is 11.3 Å². The predicted octanol–water partition coefficient (Wildman–Crippen LogP) is 2.43. The fourth-order valence-corrected chi connectivity index (χ4v) is 2.97. The number of thiazole rings is 1. The summed E-state index contributed by atoms with van der Waals surface area (Å²) in [5.74, 6) is 0.829. The first-order chi connectivity index (χ1) is 7.84. The van der Waals surface area contributed by atoms with Crippen LogP contribution in [0.15, 0.2) is 27.1 Å². The van der Waals surface area contributed by atoms with Crippen LogP contribution >= 0.6 is 27.3 Å². The van der Waals surface area contributed by atoms with E-state index in [1.165, 1.54) is 4.70 Å². The number of rotatable bonds is 1. The summed E-state index contributed by atoms with van der Waals surface area (Å²) >= 11 is 5.21. The lowest BCUT2D eigenvalue weighted by atomic mass is 10.3. The van der Waals surface area contributed by atoms with Crippen molar-refractivity contribution < 1.29 is 0 Å². The molecule has 0 saturated carbocycles. The van der Waals surface area contributed by atoms with Crippen molar-refractivity contribution in [1.82, 2.24) is 10.3 Å². The molecule has 1 aliphatic heterocycles. The Hall–Kier alpha value is -1.14. The number of fused-ring (bicyclic) bond motifs is 1. The second-order valence-electron chi connectivity index (χ2n) is 3.41. The van der Waals surface area contributed by atoms with Gasteiger partial charge in [0.15, 0.2) is 5.96 Å². The number of halogens is 1. The van der Waals surface area contributed by atoms with Crippen LogP contribution in [-0.2, 0) is 0 Å². The minimum Gasteiger partial charge on any atom is -0.354 e. The molecule has 2 aromatic rings. The second kappa shape index (κ2) is 4.03. The van der Waals surface area contributed by atoms with Gasteiger partial charge in [0.2, 0.25) is 0 Å². The van der Waals surface area contributed by atoms with E-state index < -0.39 is 0 Å². The first kappa shape index (κ1) is 10.0. The normalized spacial score (nSPS) is 14.9. The zero-order valence-electron chi connectivity index (χ0n) is 8.33. The van der Waals surface area contributed by atoms with Crippen LogP contribution in [0.25, 0.3) is 10.2 Å². The van der Waals surface area contributed by atoms with E-state index in [0.717, 1.165) is 34.7 Å². The van der Waals surface area contributed by atoms with Crippen LogP contribution in [0.1, 0.15) is 0 Å².